The lowest BCUT2D eigenvalue weighted by Gasteiger charge is -2.57. The summed E-state index contributed by atoms with van der Waals surface area (Å²) in [6.45, 7) is -0.431. The van der Waals surface area contributed by atoms with E-state index in [0.717, 1.165) is 17.8 Å². The fourth-order valence-electron chi connectivity index (χ4n) is 4.90. The van der Waals surface area contributed by atoms with E-state index in [2.05, 4.69) is 10.1 Å². The summed E-state index contributed by atoms with van der Waals surface area (Å²) in [5, 5.41) is 3.52. The van der Waals surface area contributed by atoms with E-state index in [-0.39, 0.29) is 12.1 Å². The van der Waals surface area contributed by atoms with Crippen LogP contribution < -0.4 is 5.32 Å². The van der Waals surface area contributed by atoms with Gasteiger partial charge in [-0.3, -0.25) is 0 Å². The number of nitrogens with one attached hydrogen (secondary N) is 1. The highest BCUT2D eigenvalue weighted by Crippen LogP contribution is 2.55. The molecule has 4 rings (SSSR count). The zero-order valence-electron chi connectivity index (χ0n) is 11.1. The average molecular weight is 277 g/mol. The molecule has 1 N–H and O–H groups in total. The van der Waals surface area contributed by atoms with Gasteiger partial charge in [0.2, 0.25) is 0 Å². The Labute approximate surface area is 112 Å². The highest BCUT2D eigenvalue weighted by Gasteiger charge is 2.50. The van der Waals surface area contributed by atoms with Crippen LogP contribution in [0.25, 0.3) is 0 Å². The molecule has 4 aliphatic carbocycles. The van der Waals surface area contributed by atoms with Crippen molar-refractivity contribution in [3.63, 3.8) is 0 Å². The van der Waals surface area contributed by atoms with Gasteiger partial charge in [0.15, 0.2) is 0 Å². The molecule has 0 heterocycles. The van der Waals surface area contributed by atoms with Gasteiger partial charge in [-0.15, -0.1) is 0 Å². The van der Waals surface area contributed by atoms with E-state index in [1.54, 1.807) is 0 Å². The first-order chi connectivity index (χ1) is 8.94. The molecule has 0 amide bonds. The largest absolute Gasteiger partial charge is 0.411 e. The van der Waals surface area contributed by atoms with Crippen LogP contribution in [0.15, 0.2) is 0 Å². The molecule has 0 aromatic heterocycles. The van der Waals surface area contributed by atoms with Crippen molar-refractivity contribution in [3.05, 3.63) is 0 Å². The van der Waals surface area contributed by atoms with Crippen molar-refractivity contribution in [3.8, 4) is 0 Å². The summed E-state index contributed by atoms with van der Waals surface area (Å²) in [5.41, 5.74) is 0.219. The zero-order valence-corrected chi connectivity index (χ0v) is 11.1. The quantitative estimate of drug-likeness (QED) is 0.780. The summed E-state index contributed by atoms with van der Waals surface area (Å²) >= 11 is 0. The summed E-state index contributed by atoms with van der Waals surface area (Å²) in [5.74, 6) is 2.57. The molecule has 5 heteroatoms. The minimum Gasteiger partial charge on any atom is -0.371 e. The molecule has 4 saturated carbocycles. The second-order valence-corrected chi connectivity index (χ2v) is 6.79. The van der Waals surface area contributed by atoms with E-state index in [1.165, 1.54) is 38.5 Å². The van der Waals surface area contributed by atoms with Gasteiger partial charge < -0.3 is 10.1 Å². The Morgan fingerprint density at radius 1 is 1.00 bits per heavy atom. The second kappa shape index (κ2) is 4.92. The summed E-state index contributed by atoms with van der Waals surface area (Å²) in [4.78, 5) is 0. The first kappa shape index (κ1) is 13.7. The molecule has 0 unspecified atom stereocenters. The third kappa shape index (κ3) is 3.24. The number of hydrogen-bond acceptors (Lipinski definition) is 2. The standard InChI is InChI=1S/C14H22F3NO/c15-14(16,17)9-19-2-1-18-13-6-10-3-11(7-13)5-12(4-10)8-13/h10-12,18H,1-9H2. The molecule has 4 aliphatic rings. The minimum atomic E-state index is -4.21. The molecule has 2 nitrogen and oxygen atoms in total. The molecule has 0 aliphatic heterocycles. The van der Waals surface area contributed by atoms with Crippen LogP contribution in [-0.4, -0.2) is 31.5 Å². The third-order valence-corrected chi connectivity index (χ3v) is 5.05. The van der Waals surface area contributed by atoms with Gasteiger partial charge in [-0.25, -0.2) is 0 Å². The van der Waals surface area contributed by atoms with Crippen LogP contribution in [0.5, 0.6) is 0 Å². The first-order valence-electron chi connectivity index (χ1n) is 7.34. The van der Waals surface area contributed by atoms with E-state index in [1.807, 2.05) is 0 Å². The molecule has 4 bridgehead atoms. The monoisotopic (exact) mass is 277 g/mol. The maximum absolute atomic E-state index is 12.0. The molecule has 0 aromatic rings. The lowest BCUT2D eigenvalue weighted by atomic mass is 9.53. The van der Waals surface area contributed by atoms with Crippen molar-refractivity contribution in [2.45, 2.75) is 50.2 Å². The number of alkyl halides is 3. The third-order valence-electron chi connectivity index (χ3n) is 5.05. The van der Waals surface area contributed by atoms with Gasteiger partial charge in [-0.1, -0.05) is 0 Å². The number of halogens is 3. The van der Waals surface area contributed by atoms with Crippen LogP contribution in [0, 0.1) is 17.8 Å². The maximum Gasteiger partial charge on any atom is 0.411 e. The van der Waals surface area contributed by atoms with Gasteiger partial charge in [-0.05, 0) is 56.3 Å². The molecule has 0 spiro atoms. The van der Waals surface area contributed by atoms with Crippen molar-refractivity contribution in [2.24, 2.45) is 17.8 Å². The Hall–Kier alpha value is -0.290. The van der Waals surface area contributed by atoms with Crippen LogP contribution in [0.4, 0.5) is 13.2 Å². The Morgan fingerprint density at radius 3 is 2.00 bits per heavy atom. The number of rotatable bonds is 5. The van der Waals surface area contributed by atoms with Crippen LogP contribution in [0.3, 0.4) is 0 Å². The molecule has 0 saturated heterocycles. The van der Waals surface area contributed by atoms with E-state index < -0.39 is 12.8 Å². The lowest BCUT2D eigenvalue weighted by molar-refractivity contribution is -0.173. The van der Waals surface area contributed by atoms with E-state index >= 15 is 0 Å². The number of ether oxygens (including phenoxy) is 1. The Bertz CT molecular complexity index is 294. The Balaban J connectivity index is 1.43. The van der Waals surface area contributed by atoms with Gasteiger partial charge in [0, 0.05) is 12.1 Å². The van der Waals surface area contributed by atoms with E-state index in [0.29, 0.717) is 6.54 Å². The fraction of sp³-hybridized carbons (Fsp3) is 1.00. The number of hydrogen-bond donors (Lipinski definition) is 1. The molecular formula is C14H22F3NO. The predicted octanol–water partition coefficient (Wildman–Crippen LogP) is 3.12. The van der Waals surface area contributed by atoms with Crippen molar-refractivity contribution < 1.29 is 17.9 Å². The van der Waals surface area contributed by atoms with Gasteiger partial charge >= 0.3 is 6.18 Å². The van der Waals surface area contributed by atoms with Gasteiger partial charge in [0.05, 0.1) is 6.61 Å². The molecule has 4 fully saturated rings. The topological polar surface area (TPSA) is 21.3 Å². The SMILES string of the molecule is FC(F)(F)COCCNC12CC3CC(CC(C3)C1)C2. The molecule has 0 aromatic carbocycles. The summed E-state index contributed by atoms with van der Waals surface area (Å²) in [6, 6.07) is 0. The zero-order chi connectivity index (χ0) is 13.5. The van der Waals surface area contributed by atoms with Gasteiger partial charge in [0.25, 0.3) is 0 Å². The molecule has 0 radical (unpaired) electrons. The molecule has 110 valence electrons. The lowest BCUT2D eigenvalue weighted by Crippen LogP contribution is -2.58. The molecular weight excluding hydrogens is 255 g/mol. The molecule has 19 heavy (non-hydrogen) atoms. The van der Waals surface area contributed by atoms with Gasteiger partial charge in [-0.2, -0.15) is 13.2 Å². The van der Waals surface area contributed by atoms with Crippen molar-refractivity contribution in [1.29, 1.82) is 0 Å². The van der Waals surface area contributed by atoms with Crippen molar-refractivity contribution in [1.82, 2.24) is 5.32 Å². The average Bonchev–Trinajstić information content (AvgIpc) is 2.24. The van der Waals surface area contributed by atoms with Gasteiger partial charge in [0.1, 0.15) is 6.61 Å². The maximum atomic E-state index is 12.0. The van der Waals surface area contributed by atoms with E-state index in [4.69, 9.17) is 0 Å². The summed E-state index contributed by atoms with van der Waals surface area (Å²) in [7, 11) is 0. The van der Waals surface area contributed by atoms with Crippen LogP contribution in [0.1, 0.15) is 38.5 Å². The van der Waals surface area contributed by atoms with Crippen molar-refractivity contribution in [2.75, 3.05) is 19.8 Å². The molecule has 0 atom stereocenters. The van der Waals surface area contributed by atoms with Crippen LogP contribution in [0.2, 0.25) is 0 Å². The van der Waals surface area contributed by atoms with Crippen LogP contribution >= 0.6 is 0 Å². The van der Waals surface area contributed by atoms with Crippen molar-refractivity contribution >= 4 is 0 Å². The van der Waals surface area contributed by atoms with Crippen LogP contribution in [-0.2, 0) is 4.74 Å². The summed E-state index contributed by atoms with van der Waals surface area (Å²) in [6.07, 6.45) is 3.60. The fourth-order valence-corrected chi connectivity index (χ4v) is 4.90. The highest BCUT2D eigenvalue weighted by molar-refractivity contribution is 5.06. The smallest absolute Gasteiger partial charge is 0.371 e. The van der Waals surface area contributed by atoms with E-state index in [9.17, 15) is 13.2 Å². The Morgan fingerprint density at radius 2 is 1.53 bits per heavy atom. The highest BCUT2D eigenvalue weighted by atomic mass is 19.4. The second-order valence-electron chi connectivity index (χ2n) is 6.79. The Kier molecular flexibility index (Phi) is 3.54. The summed E-state index contributed by atoms with van der Waals surface area (Å²) < 4.78 is 40.5. The predicted molar refractivity (Wildman–Crippen MR) is 65.8 cm³/mol. The minimum absolute atomic E-state index is 0.154. The normalized spacial score (nSPS) is 40.9. The first-order valence-corrected chi connectivity index (χ1v) is 7.34.